The van der Waals surface area contributed by atoms with Crippen LogP contribution in [-0.4, -0.2) is 16.3 Å². The van der Waals surface area contributed by atoms with Gasteiger partial charge in [0.2, 0.25) is 0 Å². The Bertz CT molecular complexity index is 411. The first kappa shape index (κ1) is 8.07. The van der Waals surface area contributed by atoms with E-state index in [1.54, 1.807) is 17.5 Å². The lowest BCUT2D eigenvalue weighted by Gasteiger charge is -1.97. The lowest BCUT2D eigenvalue weighted by atomic mass is 10.3. The number of aromatic nitrogens is 2. The number of nitrogens with zero attached hydrogens (tertiary/aromatic N) is 2. The van der Waals surface area contributed by atoms with E-state index in [1.807, 2.05) is 17.5 Å². The summed E-state index contributed by atoms with van der Waals surface area (Å²) in [5.41, 5.74) is 1.05. The normalized spacial score (nSPS) is 9.85. The summed E-state index contributed by atoms with van der Waals surface area (Å²) in [4.78, 5) is 19.6. The summed E-state index contributed by atoms with van der Waals surface area (Å²) in [6, 6.07) is 3.84. The van der Waals surface area contributed by atoms with Crippen molar-refractivity contribution in [1.82, 2.24) is 9.97 Å². The maximum Gasteiger partial charge on any atom is 0.170 e. The highest BCUT2D eigenvalue weighted by Gasteiger charge is 2.06. The summed E-state index contributed by atoms with van der Waals surface area (Å²) < 4.78 is 0. The quantitative estimate of drug-likeness (QED) is 0.680. The highest BCUT2D eigenvalue weighted by molar-refractivity contribution is 7.13. The second-order valence-electron chi connectivity index (χ2n) is 2.39. The molecule has 0 unspecified atom stereocenters. The van der Waals surface area contributed by atoms with Crippen LogP contribution in [0.1, 0.15) is 10.5 Å². The van der Waals surface area contributed by atoms with Crippen molar-refractivity contribution in [3.05, 3.63) is 35.6 Å². The second kappa shape index (κ2) is 3.45. The SMILES string of the molecule is O=Cc1nccnc1-c1cccs1. The van der Waals surface area contributed by atoms with Crippen LogP contribution in [0.3, 0.4) is 0 Å². The molecule has 4 heteroatoms. The van der Waals surface area contributed by atoms with E-state index in [2.05, 4.69) is 9.97 Å². The topological polar surface area (TPSA) is 42.9 Å². The van der Waals surface area contributed by atoms with Crippen molar-refractivity contribution < 1.29 is 4.79 Å². The highest BCUT2D eigenvalue weighted by Crippen LogP contribution is 2.23. The zero-order valence-electron chi connectivity index (χ0n) is 6.68. The van der Waals surface area contributed by atoms with Crippen molar-refractivity contribution >= 4 is 17.6 Å². The van der Waals surface area contributed by atoms with Gasteiger partial charge in [-0.3, -0.25) is 9.78 Å². The molecule has 0 aromatic carbocycles. The maximum absolute atomic E-state index is 10.6. The molecule has 2 aromatic rings. The molecule has 3 nitrogen and oxygen atoms in total. The predicted octanol–water partition coefficient (Wildman–Crippen LogP) is 2.02. The molecule has 0 N–H and O–H groups in total. The number of hydrogen-bond donors (Lipinski definition) is 0. The number of carbonyl (C=O) groups is 1. The fraction of sp³-hybridized carbons (Fsp3) is 0. The minimum Gasteiger partial charge on any atom is -0.296 e. The predicted molar refractivity (Wildman–Crippen MR) is 50.7 cm³/mol. The Kier molecular flexibility index (Phi) is 2.14. The van der Waals surface area contributed by atoms with Gasteiger partial charge in [0, 0.05) is 12.4 Å². The molecule has 0 amide bonds. The molecule has 0 fully saturated rings. The number of carbonyl (C=O) groups excluding carboxylic acids is 1. The highest BCUT2D eigenvalue weighted by atomic mass is 32.1. The number of rotatable bonds is 2. The van der Waals surface area contributed by atoms with E-state index >= 15 is 0 Å². The van der Waals surface area contributed by atoms with E-state index in [-0.39, 0.29) is 0 Å². The second-order valence-corrected chi connectivity index (χ2v) is 3.33. The third-order valence-corrected chi connectivity index (χ3v) is 2.47. The minimum atomic E-state index is 0.393. The van der Waals surface area contributed by atoms with Gasteiger partial charge in [-0.15, -0.1) is 11.3 Å². The van der Waals surface area contributed by atoms with Gasteiger partial charge >= 0.3 is 0 Å². The molecule has 2 rings (SSSR count). The van der Waals surface area contributed by atoms with Gasteiger partial charge in [-0.05, 0) is 11.4 Å². The van der Waals surface area contributed by atoms with Crippen LogP contribution in [0.5, 0.6) is 0 Å². The van der Waals surface area contributed by atoms with Crippen LogP contribution in [-0.2, 0) is 0 Å². The van der Waals surface area contributed by atoms with E-state index in [4.69, 9.17) is 0 Å². The number of aldehydes is 1. The van der Waals surface area contributed by atoms with Crippen LogP contribution in [0.25, 0.3) is 10.6 Å². The molecule has 0 aliphatic carbocycles. The Balaban J connectivity index is 2.57. The van der Waals surface area contributed by atoms with E-state index in [0.717, 1.165) is 11.2 Å². The Morgan fingerprint density at radius 1 is 1.31 bits per heavy atom. The largest absolute Gasteiger partial charge is 0.296 e. The molecule has 0 radical (unpaired) electrons. The molecule has 2 aromatic heterocycles. The number of hydrogen-bond acceptors (Lipinski definition) is 4. The van der Waals surface area contributed by atoms with Gasteiger partial charge in [0.1, 0.15) is 11.4 Å². The third-order valence-electron chi connectivity index (χ3n) is 1.59. The van der Waals surface area contributed by atoms with Gasteiger partial charge in [-0.2, -0.15) is 0 Å². The first-order valence-corrected chi connectivity index (χ1v) is 4.60. The summed E-state index contributed by atoms with van der Waals surface area (Å²) in [5.74, 6) is 0. The molecule has 2 heterocycles. The lowest BCUT2D eigenvalue weighted by molar-refractivity contribution is 0.111. The molecule has 13 heavy (non-hydrogen) atoms. The van der Waals surface area contributed by atoms with E-state index in [1.165, 1.54) is 6.20 Å². The zero-order chi connectivity index (χ0) is 9.10. The van der Waals surface area contributed by atoms with Gasteiger partial charge in [0.15, 0.2) is 6.29 Å². The van der Waals surface area contributed by atoms with Gasteiger partial charge in [-0.25, -0.2) is 4.98 Å². The molecular weight excluding hydrogens is 184 g/mol. The molecule has 64 valence electrons. The van der Waals surface area contributed by atoms with Crippen molar-refractivity contribution in [2.24, 2.45) is 0 Å². The average Bonchev–Trinajstić information content (AvgIpc) is 2.70. The lowest BCUT2D eigenvalue weighted by Crippen LogP contribution is -1.92. The van der Waals surface area contributed by atoms with Gasteiger partial charge in [0.05, 0.1) is 4.88 Å². The minimum absolute atomic E-state index is 0.393. The molecule has 0 saturated carbocycles. The Morgan fingerprint density at radius 2 is 2.15 bits per heavy atom. The van der Waals surface area contributed by atoms with E-state index in [0.29, 0.717) is 11.4 Å². The fourth-order valence-electron chi connectivity index (χ4n) is 1.04. The summed E-state index contributed by atoms with van der Waals surface area (Å²) in [7, 11) is 0. The van der Waals surface area contributed by atoms with Crippen LogP contribution >= 0.6 is 11.3 Å². The molecule has 0 saturated heterocycles. The Labute approximate surface area is 79.1 Å². The van der Waals surface area contributed by atoms with Crippen LogP contribution in [0, 0.1) is 0 Å². The smallest absolute Gasteiger partial charge is 0.170 e. The number of thiophene rings is 1. The molecular formula is C9H6N2OS. The Hall–Kier alpha value is -1.55. The van der Waals surface area contributed by atoms with E-state index < -0.39 is 0 Å². The summed E-state index contributed by atoms with van der Waals surface area (Å²) in [6.07, 6.45) is 3.82. The molecule has 0 aliphatic heterocycles. The van der Waals surface area contributed by atoms with E-state index in [9.17, 15) is 4.79 Å². The summed E-state index contributed by atoms with van der Waals surface area (Å²) >= 11 is 1.54. The first-order chi connectivity index (χ1) is 6.42. The van der Waals surface area contributed by atoms with Crippen molar-refractivity contribution in [1.29, 1.82) is 0 Å². The van der Waals surface area contributed by atoms with Gasteiger partial charge in [-0.1, -0.05) is 6.07 Å². The van der Waals surface area contributed by atoms with Gasteiger partial charge < -0.3 is 0 Å². The molecule has 0 aliphatic rings. The van der Waals surface area contributed by atoms with Crippen LogP contribution in [0.2, 0.25) is 0 Å². The first-order valence-electron chi connectivity index (χ1n) is 3.72. The molecule has 0 bridgehead atoms. The van der Waals surface area contributed by atoms with Crippen molar-refractivity contribution in [3.63, 3.8) is 0 Å². The van der Waals surface area contributed by atoms with Crippen molar-refractivity contribution in [2.75, 3.05) is 0 Å². The monoisotopic (exact) mass is 190 g/mol. The van der Waals surface area contributed by atoms with Crippen LogP contribution in [0.4, 0.5) is 0 Å². The van der Waals surface area contributed by atoms with Gasteiger partial charge in [0.25, 0.3) is 0 Å². The summed E-state index contributed by atoms with van der Waals surface area (Å²) in [6.45, 7) is 0. The average molecular weight is 190 g/mol. The zero-order valence-corrected chi connectivity index (χ0v) is 7.49. The summed E-state index contributed by atoms with van der Waals surface area (Å²) in [5, 5.41) is 1.94. The molecule has 0 spiro atoms. The fourth-order valence-corrected chi connectivity index (χ4v) is 1.77. The molecule has 0 atom stereocenters. The van der Waals surface area contributed by atoms with Crippen LogP contribution < -0.4 is 0 Å². The third kappa shape index (κ3) is 1.48. The van der Waals surface area contributed by atoms with Crippen LogP contribution in [0.15, 0.2) is 29.9 Å². The standard InChI is InChI=1S/C9H6N2OS/c12-6-7-9(11-4-3-10-7)8-2-1-5-13-8/h1-6H. The van der Waals surface area contributed by atoms with Crippen molar-refractivity contribution in [3.8, 4) is 10.6 Å². The maximum atomic E-state index is 10.6. The Morgan fingerprint density at radius 3 is 2.85 bits per heavy atom. The van der Waals surface area contributed by atoms with Crippen molar-refractivity contribution in [2.45, 2.75) is 0 Å².